The zero-order valence-corrected chi connectivity index (χ0v) is 12.8. The Morgan fingerprint density at radius 2 is 2.24 bits per heavy atom. The topological polar surface area (TPSA) is 29.1 Å². The molecule has 0 fully saturated rings. The third kappa shape index (κ3) is 4.72. The molecule has 0 heterocycles. The first-order chi connectivity index (χ1) is 8.04. The van der Waals surface area contributed by atoms with Crippen LogP contribution >= 0.6 is 27.7 Å². The van der Waals surface area contributed by atoms with Gasteiger partial charge in [-0.1, -0.05) is 11.6 Å². The second-order valence-corrected chi connectivity index (χ2v) is 5.98. The van der Waals surface area contributed by atoms with Gasteiger partial charge in [-0.3, -0.25) is 4.79 Å². The number of hydrogen-bond acceptors (Lipinski definition) is 2. The molecule has 0 aliphatic rings. The number of aryl methyl sites for hydroxylation is 1. The molecule has 1 atom stereocenters. The SMILES string of the molecule is CSCCC(C)NC(=O)c1cc(C)ccc1Br. The molecule has 1 aromatic rings. The van der Waals surface area contributed by atoms with E-state index in [9.17, 15) is 4.79 Å². The number of carbonyl (C=O) groups excluding carboxylic acids is 1. The second kappa shape index (κ2) is 7.07. The van der Waals surface area contributed by atoms with Crippen molar-refractivity contribution in [2.45, 2.75) is 26.3 Å². The first-order valence-electron chi connectivity index (χ1n) is 5.60. The molecule has 1 aromatic carbocycles. The van der Waals surface area contributed by atoms with Crippen molar-refractivity contribution in [3.8, 4) is 0 Å². The number of hydrogen-bond donors (Lipinski definition) is 1. The molecular formula is C13H18BrNOS. The van der Waals surface area contributed by atoms with Crippen molar-refractivity contribution in [3.63, 3.8) is 0 Å². The smallest absolute Gasteiger partial charge is 0.252 e. The van der Waals surface area contributed by atoms with Crippen LogP contribution in [0.15, 0.2) is 22.7 Å². The number of amides is 1. The molecule has 0 aromatic heterocycles. The van der Waals surface area contributed by atoms with E-state index in [-0.39, 0.29) is 11.9 Å². The summed E-state index contributed by atoms with van der Waals surface area (Å²) in [6.45, 7) is 4.03. The van der Waals surface area contributed by atoms with Crippen LogP contribution in [0.4, 0.5) is 0 Å². The van der Waals surface area contributed by atoms with E-state index >= 15 is 0 Å². The molecule has 0 saturated heterocycles. The summed E-state index contributed by atoms with van der Waals surface area (Å²) < 4.78 is 0.845. The maximum Gasteiger partial charge on any atom is 0.252 e. The monoisotopic (exact) mass is 315 g/mol. The summed E-state index contributed by atoms with van der Waals surface area (Å²) in [4.78, 5) is 12.0. The van der Waals surface area contributed by atoms with E-state index < -0.39 is 0 Å². The van der Waals surface area contributed by atoms with Crippen LogP contribution in [0.1, 0.15) is 29.3 Å². The van der Waals surface area contributed by atoms with E-state index in [1.54, 1.807) is 11.8 Å². The summed E-state index contributed by atoms with van der Waals surface area (Å²) in [6.07, 6.45) is 3.07. The van der Waals surface area contributed by atoms with Crippen LogP contribution in [0, 0.1) is 6.92 Å². The first kappa shape index (κ1) is 14.6. The highest BCUT2D eigenvalue weighted by Gasteiger charge is 2.12. The highest BCUT2D eigenvalue weighted by molar-refractivity contribution is 9.10. The minimum Gasteiger partial charge on any atom is -0.350 e. The molecule has 1 N–H and O–H groups in total. The lowest BCUT2D eigenvalue weighted by atomic mass is 10.1. The normalized spacial score (nSPS) is 12.2. The molecule has 0 aliphatic carbocycles. The van der Waals surface area contributed by atoms with Gasteiger partial charge in [0.25, 0.3) is 5.91 Å². The third-order valence-corrected chi connectivity index (χ3v) is 3.83. The van der Waals surface area contributed by atoms with Crippen molar-refractivity contribution in [1.82, 2.24) is 5.32 Å². The summed E-state index contributed by atoms with van der Waals surface area (Å²) in [5, 5.41) is 3.02. The highest BCUT2D eigenvalue weighted by atomic mass is 79.9. The predicted molar refractivity (Wildman–Crippen MR) is 78.8 cm³/mol. The minimum atomic E-state index is -0.00539. The van der Waals surface area contributed by atoms with Crippen LogP contribution in [0.2, 0.25) is 0 Å². The average molecular weight is 316 g/mol. The summed E-state index contributed by atoms with van der Waals surface area (Å²) in [5.41, 5.74) is 1.80. The second-order valence-electron chi connectivity index (χ2n) is 4.14. The molecule has 1 unspecified atom stereocenters. The highest BCUT2D eigenvalue weighted by Crippen LogP contribution is 2.18. The fourth-order valence-corrected chi connectivity index (χ4v) is 2.50. The lowest BCUT2D eigenvalue weighted by molar-refractivity contribution is 0.0938. The standard InChI is InChI=1S/C13H18BrNOS/c1-9-4-5-12(14)11(8-9)13(16)15-10(2)6-7-17-3/h4-5,8,10H,6-7H2,1-3H3,(H,15,16). The molecule has 1 amide bonds. The van der Waals surface area contributed by atoms with E-state index in [1.807, 2.05) is 32.0 Å². The molecule has 0 saturated carbocycles. The number of nitrogens with one attached hydrogen (secondary N) is 1. The molecule has 94 valence electrons. The van der Waals surface area contributed by atoms with Gasteiger partial charge in [0.1, 0.15) is 0 Å². The maximum atomic E-state index is 12.0. The van der Waals surface area contributed by atoms with Gasteiger partial charge < -0.3 is 5.32 Å². The number of benzene rings is 1. The van der Waals surface area contributed by atoms with Crippen molar-refractivity contribution < 1.29 is 4.79 Å². The molecule has 0 radical (unpaired) electrons. The van der Waals surface area contributed by atoms with E-state index in [0.717, 1.165) is 22.2 Å². The molecule has 1 rings (SSSR count). The van der Waals surface area contributed by atoms with Gasteiger partial charge in [-0.15, -0.1) is 0 Å². The Balaban J connectivity index is 2.66. The van der Waals surface area contributed by atoms with Crippen LogP contribution < -0.4 is 5.32 Å². The van der Waals surface area contributed by atoms with Crippen molar-refractivity contribution in [3.05, 3.63) is 33.8 Å². The van der Waals surface area contributed by atoms with Gasteiger partial charge in [0.2, 0.25) is 0 Å². The fourth-order valence-electron chi connectivity index (χ4n) is 1.48. The Kier molecular flexibility index (Phi) is 6.06. The number of carbonyl (C=O) groups is 1. The largest absolute Gasteiger partial charge is 0.350 e. The van der Waals surface area contributed by atoms with Crippen LogP contribution in [0.3, 0.4) is 0 Å². The maximum absolute atomic E-state index is 12.0. The van der Waals surface area contributed by atoms with E-state index in [0.29, 0.717) is 5.56 Å². The van der Waals surface area contributed by atoms with Gasteiger partial charge in [-0.25, -0.2) is 0 Å². The van der Waals surface area contributed by atoms with Gasteiger partial charge in [0.05, 0.1) is 5.56 Å². The van der Waals surface area contributed by atoms with E-state index in [4.69, 9.17) is 0 Å². The number of rotatable bonds is 5. The first-order valence-corrected chi connectivity index (χ1v) is 7.79. The lowest BCUT2D eigenvalue weighted by Gasteiger charge is -2.14. The third-order valence-electron chi connectivity index (χ3n) is 2.50. The van der Waals surface area contributed by atoms with Gasteiger partial charge in [0, 0.05) is 10.5 Å². The number of halogens is 1. The van der Waals surface area contributed by atoms with Crippen molar-refractivity contribution in [2.75, 3.05) is 12.0 Å². The zero-order chi connectivity index (χ0) is 12.8. The molecule has 4 heteroatoms. The van der Waals surface area contributed by atoms with Crippen molar-refractivity contribution in [2.24, 2.45) is 0 Å². The Labute approximate surface area is 116 Å². The van der Waals surface area contributed by atoms with Gasteiger partial charge in [-0.05, 0) is 60.3 Å². The Hall–Kier alpha value is -0.480. The van der Waals surface area contributed by atoms with Gasteiger partial charge in [0.15, 0.2) is 0 Å². The summed E-state index contributed by atoms with van der Waals surface area (Å²) in [5.74, 6) is 1.06. The molecule has 0 aliphatic heterocycles. The van der Waals surface area contributed by atoms with Crippen LogP contribution in [0.5, 0.6) is 0 Å². The molecule has 2 nitrogen and oxygen atoms in total. The molecule has 0 bridgehead atoms. The summed E-state index contributed by atoms with van der Waals surface area (Å²) in [7, 11) is 0. The Bertz CT molecular complexity index is 395. The lowest BCUT2D eigenvalue weighted by Crippen LogP contribution is -2.33. The van der Waals surface area contributed by atoms with Crippen LogP contribution in [0.25, 0.3) is 0 Å². The quantitative estimate of drug-likeness (QED) is 0.899. The van der Waals surface area contributed by atoms with E-state index in [1.165, 1.54) is 0 Å². The van der Waals surface area contributed by atoms with Gasteiger partial charge >= 0.3 is 0 Å². The van der Waals surface area contributed by atoms with Crippen molar-refractivity contribution in [1.29, 1.82) is 0 Å². The predicted octanol–water partition coefficient (Wildman–Crippen LogP) is 3.63. The summed E-state index contributed by atoms with van der Waals surface area (Å²) in [6, 6.07) is 6.01. The fraction of sp³-hybridized carbons (Fsp3) is 0.462. The average Bonchev–Trinajstić information content (AvgIpc) is 2.29. The molecule has 0 spiro atoms. The Morgan fingerprint density at radius 1 is 1.53 bits per heavy atom. The van der Waals surface area contributed by atoms with Crippen molar-refractivity contribution >= 4 is 33.6 Å². The van der Waals surface area contributed by atoms with Crippen LogP contribution in [-0.2, 0) is 0 Å². The van der Waals surface area contributed by atoms with Crippen LogP contribution in [-0.4, -0.2) is 24.0 Å². The molecular weight excluding hydrogens is 298 g/mol. The summed E-state index contributed by atoms with van der Waals surface area (Å²) >= 11 is 5.21. The van der Waals surface area contributed by atoms with E-state index in [2.05, 4.69) is 27.5 Å². The minimum absolute atomic E-state index is 0.00539. The van der Waals surface area contributed by atoms with Gasteiger partial charge in [-0.2, -0.15) is 11.8 Å². The molecule has 17 heavy (non-hydrogen) atoms. The Morgan fingerprint density at radius 3 is 2.88 bits per heavy atom. The number of thioether (sulfide) groups is 1. The zero-order valence-electron chi connectivity index (χ0n) is 10.4.